The number of pyridine rings is 8. The normalized spacial score (nSPS) is 10.1. The van der Waals surface area contributed by atoms with Crippen LogP contribution >= 0.6 is 92.8 Å². The first-order valence-electron chi connectivity index (χ1n) is 35.2. The van der Waals surface area contributed by atoms with Gasteiger partial charge in [0.25, 0.3) is 0 Å². The number of unbranched alkanes of at least 4 members (excludes halogenated alkanes) is 1. The number of nitrogens with zero attached hydrogens (tertiary/aromatic N) is 14. The Bertz CT molecular complexity index is 5480. The van der Waals surface area contributed by atoms with Gasteiger partial charge in [0, 0.05) is 94.0 Å². The van der Waals surface area contributed by atoms with Crippen molar-refractivity contribution in [3.8, 4) is 0 Å². The van der Waals surface area contributed by atoms with Gasteiger partial charge in [0.05, 0.1) is 54.2 Å². The zero-order valence-electron chi connectivity index (χ0n) is 62.8. The molecule has 0 amide bonds. The fourth-order valence-corrected chi connectivity index (χ4v) is 11.5. The standard InChI is InChI=1S/C17H18ClN3.2C12H10ClN3O2.2C12H12ClN3.2C5H4ClN3O2.C5H5ClN2/c1-2-3-9-15-20-16-14(10-11-19-17(16)18)21(15)12-13-7-5-4-6-8-13;13-12-6-10(11(8-15-12)16(17)18)14-7-9-4-2-1-3-5-9;13-12-11(16(17)18)10(6-7-14-12)15-8-9-4-2-1-3-5-9;13-12-6-11(10(14)8-16-12)15-7-9-4-2-1-3-5-9;13-12-11(14)10(6-7-15-12)16-8-9-4-2-1-3-5-9;6-5-1-3(7)4(2-8-5)9(10)11;6-5-4(9(10)11)3(7)1-2-8-5;6-5-3-4(7)1-2-8-5/h4-8,10-11H,2-3,9,12H2,1H3;1-6,8H,7H2,(H,14,15);1-7H,8H2,(H,14,15);1-6,8H,7,14H2,(H,15,16);1-7H,8,14H2,(H,15,16);2*1-2H,(H2,7,8);1-3H,(H2,7,8). The zero-order chi connectivity index (χ0) is 86.2. The first-order valence-corrected chi connectivity index (χ1v) is 38.2. The van der Waals surface area contributed by atoms with Crippen LogP contribution in [0.3, 0.4) is 0 Å². The highest BCUT2D eigenvalue weighted by Crippen LogP contribution is 2.33. The van der Waals surface area contributed by atoms with E-state index in [9.17, 15) is 40.5 Å². The van der Waals surface area contributed by atoms with Crippen LogP contribution in [-0.4, -0.2) is 69.1 Å². The minimum absolute atomic E-state index is 0.0231. The van der Waals surface area contributed by atoms with Crippen LogP contribution < -0.4 is 49.9 Å². The smallest absolute Gasteiger partial charge is 0.329 e. The maximum absolute atomic E-state index is 10.9. The average Bonchev–Trinajstić information content (AvgIpc) is 1.64. The van der Waals surface area contributed by atoms with Gasteiger partial charge in [-0.05, 0) is 70.6 Å². The van der Waals surface area contributed by atoms with Crippen molar-refractivity contribution >= 4 is 178 Å². The summed E-state index contributed by atoms with van der Waals surface area (Å²) in [6.07, 6.45) is 14.7. The Morgan fingerprint density at radius 3 is 1.24 bits per heavy atom. The first-order chi connectivity index (χ1) is 57.2. The predicted octanol–water partition coefficient (Wildman–Crippen LogP) is 20.6. The molecular formula is C80H75Cl8N23O8. The molecule has 5 aromatic carbocycles. The molecule has 0 saturated carbocycles. The van der Waals surface area contributed by atoms with Crippen LogP contribution in [0.15, 0.2) is 256 Å². The SMILES string of the molecule is CCCCc1nc2c(Cl)nccc2n1Cc1ccccc1.Nc1c(NCc2ccccc2)ccnc1Cl.Nc1cc(Cl)ncc1[N+](=O)[O-].Nc1ccnc(Cl)c1.Nc1ccnc(Cl)c1[N+](=O)[O-].Nc1cnc(Cl)cc1NCc1ccccc1.O=[N+]([O-])c1c(NCc2ccccc2)ccnc1Cl.O=[N+]([O-])c1cnc(Cl)cc1NCc1ccccc1. The van der Waals surface area contributed by atoms with Crippen LogP contribution in [-0.2, 0) is 39.1 Å². The molecular weight excluding hydrogens is 1690 g/mol. The monoisotopic (exact) mass is 1770 g/mol. The number of hydrogen-bond acceptors (Lipinski definition) is 26. The number of halogens is 8. The Morgan fingerprint density at radius 2 is 0.773 bits per heavy atom. The molecule has 14 aromatic rings. The molecule has 0 aliphatic heterocycles. The van der Waals surface area contributed by atoms with Gasteiger partial charge in [0.15, 0.2) is 10.3 Å². The van der Waals surface area contributed by atoms with Crippen molar-refractivity contribution in [3.63, 3.8) is 0 Å². The number of hydrogen-bond donors (Lipinski definition) is 9. The molecule has 14 N–H and O–H groups in total. The van der Waals surface area contributed by atoms with Crippen molar-refractivity contribution in [2.24, 2.45) is 0 Å². The van der Waals surface area contributed by atoms with Crippen molar-refractivity contribution in [2.45, 2.75) is 58.9 Å². The molecule has 614 valence electrons. The molecule has 0 atom stereocenters. The number of aryl methyl sites for hydroxylation is 1. The van der Waals surface area contributed by atoms with Crippen LogP contribution in [0.4, 0.5) is 73.9 Å². The second-order valence-corrected chi connectivity index (χ2v) is 27.2. The molecule has 31 nitrogen and oxygen atoms in total. The second kappa shape index (κ2) is 49.1. The summed E-state index contributed by atoms with van der Waals surface area (Å²) in [5.41, 5.74) is 38.2. The Kier molecular flexibility index (Phi) is 38.4. The van der Waals surface area contributed by atoms with Crippen molar-refractivity contribution in [1.29, 1.82) is 0 Å². The van der Waals surface area contributed by atoms with Gasteiger partial charge in [-0.25, -0.2) is 44.9 Å². The Morgan fingerprint density at radius 1 is 0.370 bits per heavy atom. The topological polar surface area (TPSA) is 472 Å². The molecule has 0 aliphatic carbocycles. The lowest BCUT2D eigenvalue weighted by Gasteiger charge is -2.09. The number of benzene rings is 5. The van der Waals surface area contributed by atoms with Gasteiger partial charge >= 0.3 is 22.7 Å². The van der Waals surface area contributed by atoms with Crippen LogP contribution in [0, 0.1) is 40.5 Å². The summed E-state index contributed by atoms with van der Waals surface area (Å²) in [6.45, 7) is 5.41. The first kappa shape index (κ1) is 93.1. The minimum Gasteiger partial charge on any atom is -0.399 e. The maximum atomic E-state index is 10.9. The van der Waals surface area contributed by atoms with E-state index in [-0.39, 0.29) is 54.7 Å². The molecule has 9 heterocycles. The summed E-state index contributed by atoms with van der Waals surface area (Å²) >= 11 is 45.5. The highest BCUT2D eigenvalue weighted by atomic mass is 35.5. The molecule has 9 aromatic heterocycles. The Labute approximate surface area is 721 Å². The number of anilines is 9. The molecule has 39 heteroatoms. The summed E-state index contributed by atoms with van der Waals surface area (Å²) in [4.78, 5) is 74.6. The van der Waals surface area contributed by atoms with Gasteiger partial charge in [-0.3, -0.25) is 40.5 Å². The second-order valence-electron chi connectivity index (χ2n) is 24.3. The quantitative estimate of drug-likeness (QED) is 0.0183. The summed E-state index contributed by atoms with van der Waals surface area (Å²) in [6, 6.07) is 64.1. The number of nitrogen functional groups attached to an aromatic ring is 5. The number of nitrogens with one attached hydrogen (secondary N) is 4. The number of nitro groups is 4. The lowest BCUT2D eigenvalue weighted by Crippen LogP contribution is -2.05. The zero-order valence-corrected chi connectivity index (χ0v) is 68.9. The third kappa shape index (κ3) is 31.5. The van der Waals surface area contributed by atoms with Gasteiger partial charge in [0.1, 0.15) is 67.1 Å². The van der Waals surface area contributed by atoms with E-state index in [1.54, 1.807) is 43.0 Å². The van der Waals surface area contributed by atoms with Crippen molar-refractivity contribution in [1.82, 2.24) is 49.4 Å². The lowest BCUT2D eigenvalue weighted by molar-refractivity contribution is -0.384. The fraction of sp³-hybridized carbons (Fsp3) is 0.113. The molecule has 0 spiro atoms. The van der Waals surface area contributed by atoms with Crippen LogP contribution in [0.5, 0.6) is 0 Å². The van der Waals surface area contributed by atoms with E-state index in [4.69, 9.17) is 126 Å². The number of fused-ring (bicyclic) bond motifs is 1. The highest BCUT2D eigenvalue weighted by Gasteiger charge is 2.21. The van der Waals surface area contributed by atoms with Crippen molar-refractivity contribution < 1.29 is 19.7 Å². The number of imidazole rings is 1. The molecule has 0 fully saturated rings. The summed E-state index contributed by atoms with van der Waals surface area (Å²) in [5.74, 6) is 1.09. The van der Waals surface area contributed by atoms with Gasteiger partial charge in [-0.15, -0.1) is 0 Å². The molecule has 0 radical (unpaired) electrons. The fourth-order valence-electron chi connectivity index (χ4n) is 9.99. The lowest BCUT2D eigenvalue weighted by atomic mass is 10.2. The Hall–Kier alpha value is -13.1. The van der Waals surface area contributed by atoms with E-state index in [0.29, 0.717) is 75.2 Å². The van der Waals surface area contributed by atoms with Crippen LogP contribution in [0.1, 0.15) is 53.4 Å². The molecule has 0 saturated heterocycles. The van der Waals surface area contributed by atoms with E-state index in [1.807, 2.05) is 140 Å². The Balaban J connectivity index is 0.000000190. The minimum atomic E-state index is -0.662. The molecule has 14 rings (SSSR count). The third-order valence-electron chi connectivity index (χ3n) is 15.8. The van der Waals surface area contributed by atoms with Gasteiger partial charge in [-0.1, -0.05) is 258 Å². The van der Waals surface area contributed by atoms with E-state index < -0.39 is 19.7 Å². The van der Waals surface area contributed by atoms with E-state index in [2.05, 4.69) is 96.9 Å². The van der Waals surface area contributed by atoms with E-state index in [1.165, 1.54) is 53.3 Å². The van der Waals surface area contributed by atoms with Gasteiger partial charge < -0.3 is 54.5 Å². The van der Waals surface area contributed by atoms with E-state index >= 15 is 0 Å². The van der Waals surface area contributed by atoms with Gasteiger partial charge in [-0.2, -0.15) is 0 Å². The average molecular weight is 1770 g/mol. The highest BCUT2D eigenvalue weighted by molar-refractivity contribution is 6.34. The maximum Gasteiger partial charge on any atom is 0.329 e. The molecule has 0 unspecified atom stereocenters. The van der Waals surface area contributed by atoms with Crippen molar-refractivity contribution in [2.75, 3.05) is 49.9 Å². The molecule has 119 heavy (non-hydrogen) atoms. The summed E-state index contributed by atoms with van der Waals surface area (Å²) < 4.78 is 2.26. The number of aromatic nitrogens is 10. The predicted molar refractivity (Wildman–Crippen MR) is 475 cm³/mol. The molecule has 0 bridgehead atoms. The molecule has 0 aliphatic rings. The number of nitrogens with two attached hydrogens (primary N) is 5. The summed E-state index contributed by atoms with van der Waals surface area (Å²) in [5, 5.41) is 56.3. The van der Waals surface area contributed by atoms with Crippen LogP contribution in [0.25, 0.3) is 11.0 Å². The van der Waals surface area contributed by atoms with Gasteiger partial charge in [0.2, 0.25) is 10.3 Å². The van der Waals surface area contributed by atoms with Crippen LogP contribution in [0.2, 0.25) is 41.2 Å². The summed E-state index contributed by atoms with van der Waals surface area (Å²) in [7, 11) is 0. The van der Waals surface area contributed by atoms with Crippen molar-refractivity contribution in [3.05, 3.63) is 371 Å². The number of rotatable bonds is 21. The largest absolute Gasteiger partial charge is 0.399 e. The van der Waals surface area contributed by atoms with E-state index in [0.717, 1.165) is 77.6 Å². The third-order valence-corrected chi connectivity index (χ3v) is 17.8.